The first-order valence-electron chi connectivity index (χ1n) is 8.77. The zero-order valence-electron chi connectivity index (χ0n) is 15.6. The van der Waals surface area contributed by atoms with Crippen molar-refractivity contribution < 1.29 is 14.0 Å². The average Bonchev–Trinajstić information content (AvgIpc) is 3.38. The summed E-state index contributed by atoms with van der Waals surface area (Å²) in [6.07, 6.45) is 0. The standard InChI is InChI=1S/C19H15BrFN7O2/c1-28-15(7-10-3-2-4-14(17(10)28)22-16(29)9-21)19(30)23-13-6-5-11(20)8-12(13)18-24-26-27-25-18/h2-8H,9H2,1H3,(H,22,29)(H,23,30)(H,24,25,26,27). The fourth-order valence-corrected chi connectivity index (χ4v) is 3.55. The third kappa shape index (κ3) is 3.66. The molecule has 3 N–H and O–H groups in total. The molecule has 0 atom stereocenters. The second-order valence-electron chi connectivity index (χ2n) is 6.39. The van der Waals surface area contributed by atoms with Gasteiger partial charge in [-0.15, -0.1) is 10.2 Å². The summed E-state index contributed by atoms with van der Waals surface area (Å²) in [5.41, 5.74) is 2.47. The molecule has 0 unspecified atom stereocenters. The Hall–Kier alpha value is -3.60. The lowest BCUT2D eigenvalue weighted by Gasteiger charge is -2.11. The fraction of sp³-hybridized carbons (Fsp3) is 0.105. The van der Waals surface area contributed by atoms with E-state index < -0.39 is 12.6 Å². The van der Waals surface area contributed by atoms with Gasteiger partial charge < -0.3 is 15.2 Å². The summed E-state index contributed by atoms with van der Waals surface area (Å²) in [6.45, 7) is -1.13. The molecule has 9 nitrogen and oxygen atoms in total. The number of nitrogens with one attached hydrogen (secondary N) is 3. The first kappa shape index (κ1) is 19.7. The van der Waals surface area contributed by atoms with Gasteiger partial charge in [-0.25, -0.2) is 4.39 Å². The van der Waals surface area contributed by atoms with Crippen molar-refractivity contribution in [1.29, 1.82) is 0 Å². The summed E-state index contributed by atoms with van der Waals surface area (Å²) in [7, 11) is 1.70. The SMILES string of the molecule is Cn1c(C(=O)Nc2ccc(Br)cc2-c2nn[nH]n2)cc2cccc(NC(=O)CF)c21. The predicted molar refractivity (Wildman–Crippen MR) is 113 cm³/mol. The highest BCUT2D eigenvalue weighted by atomic mass is 79.9. The van der Waals surface area contributed by atoms with Crippen molar-refractivity contribution in [1.82, 2.24) is 25.2 Å². The van der Waals surface area contributed by atoms with Gasteiger partial charge in [-0.05, 0) is 35.5 Å². The van der Waals surface area contributed by atoms with Crippen molar-refractivity contribution >= 4 is 50.0 Å². The largest absolute Gasteiger partial charge is 0.338 e. The monoisotopic (exact) mass is 471 g/mol. The van der Waals surface area contributed by atoms with Crippen LogP contribution >= 0.6 is 15.9 Å². The number of aromatic amines is 1. The number of anilines is 2. The zero-order chi connectivity index (χ0) is 21.3. The summed E-state index contributed by atoms with van der Waals surface area (Å²) >= 11 is 3.40. The van der Waals surface area contributed by atoms with Crippen LogP contribution in [0.1, 0.15) is 10.5 Å². The summed E-state index contributed by atoms with van der Waals surface area (Å²) < 4.78 is 15.1. The molecule has 4 aromatic rings. The van der Waals surface area contributed by atoms with Crippen molar-refractivity contribution in [3.05, 3.63) is 52.6 Å². The minimum atomic E-state index is -1.13. The van der Waals surface area contributed by atoms with Crippen molar-refractivity contribution in [3.8, 4) is 11.4 Å². The second-order valence-corrected chi connectivity index (χ2v) is 7.31. The van der Waals surface area contributed by atoms with Crippen molar-refractivity contribution in [2.75, 3.05) is 17.3 Å². The fourth-order valence-electron chi connectivity index (χ4n) is 3.19. The molecule has 2 aromatic carbocycles. The summed E-state index contributed by atoms with van der Waals surface area (Å²) in [5.74, 6) is -0.794. The Morgan fingerprint density at radius 1 is 1.17 bits per heavy atom. The summed E-state index contributed by atoms with van der Waals surface area (Å²) in [5, 5.41) is 20.0. The molecule has 0 bridgehead atoms. The molecule has 0 aliphatic heterocycles. The Bertz CT molecular complexity index is 1250. The molecule has 2 amide bonds. The Balaban J connectivity index is 1.71. The smallest absolute Gasteiger partial charge is 0.272 e. The number of rotatable bonds is 5. The highest BCUT2D eigenvalue weighted by molar-refractivity contribution is 9.10. The molecule has 30 heavy (non-hydrogen) atoms. The first-order valence-corrected chi connectivity index (χ1v) is 9.56. The van der Waals surface area contributed by atoms with Crippen LogP contribution in [0.4, 0.5) is 15.8 Å². The van der Waals surface area contributed by atoms with Crippen LogP contribution in [0.25, 0.3) is 22.3 Å². The molecule has 152 valence electrons. The van der Waals surface area contributed by atoms with E-state index >= 15 is 0 Å². The van der Waals surface area contributed by atoms with Crippen LogP contribution in [0.15, 0.2) is 46.9 Å². The lowest BCUT2D eigenvalue weighted by Crippen LogP contribution is -2.17. The van der Waals surface area contributed by atoms with Gasteiger partial charge in [0.05, 0.1) is 16.9 Å². The van der Waals surface area contributed by atoms with Crippen LogP contribution < -0.4 is 10.6 Å². The topological polar surface area (TPSA) is 118 Å². The van der Waals surface area contributed by atoms with Crippen LogP contribution in [0.3, 0.4) is 0 Å². The van der Waals surface area contributed by atoms with Gasteiger partial charge >= 0.3 is 0 Å². The van der Waals surface area contributed by atoms with Crippen LogP contribution in [-0.4, -0.2) is 43.7 Å². The van der Waals surface area contributed by atoms with Gasteiger partial charge in [0, 0.05) is 22.5 Å². The van der Waals surface area contributed by atoms with E-state index in [1.54, 1.807) is 48.0 Å². The van der Waals surface area contributed by atoms with Crippen molar-refractivity contribution in [2.45, 2.75) is 0 Å². The van der Waals surface area contributed by atoms with Gasteiger partial charge in [-0.2, -0.15) is 5.21 Å². The minimum Gasteiger partial charge on any atom is -0.338 e. The molecule has 0 saturated heterocycles. The number of hydrogen-bond acceptors (Lipinski definition) is 5. The average molecular weight is 472 g/mol. The Labute approximate surface area is 177 Å². The first-order chi connectivity index (χ1) is 14.5. The molecule has 2 aromatic heterocycles. The summed E-state index contributed by atoms with van der Waals surface area (Å²) in [4.78, 5) is 24.5. The molecule has 4 rings (SSSR count). The lowest BCUT2D eigenvalue weighted by molar-refractivity contribution is -0.117. The van der Waals surface area contributed by atoms with Crippen LogP contribution in [-0.2, 0) is 11.8 Å². The van der Waals surface area contributed by atoms with E-state index in [9.17, 15) is 14.0 Å². The molecule has 0 radical (unpaired) electrons. The normalized spacial score (nSPS) is 10.9. The number of carbonyl (C=O) groups is 2. The maximum Gasteiger partial charge on any atom is 0.272 e. The maximum atomic E-state index is 13.0. The molecule has 2 heterocycles. The Morgan fingerprint density at radius 3 is 2.73 bits per heavy atom. The third-order valence-electron chi connectivity index (χ3n) is 4.50. The number of alkyl halides is 1. The van der Waals surface area contributed by atoms with Gasteiger partial charge in [-0.3, -0.25) is 9.59 Å². The van der Waals surface area contributed by atoms with E-state index in [1.165, 1.54) is 0 Å². The number of para-hydroxylation sites is 1. The minimum absolute atomic E-state index is 0.333. The third-order valence-corrected chi connectivity index (χ3v) is 4.99. The number of H-pyrrole nitrogens is 1. The van der Waals surface area contributed by atoms with Gasteiger partial charge in [0.15, 0.2) is 6.67 Å². The quantitative estimate of drug-likeness (QED) is 0.412. The number of hydrogen-bond donors (Lipinski definition) is 3. The van der Waals surface area contributed by atoms with Crippen LogP contribution in [0, 0.1) is 0 Å². The van der Waals surface area contributed by atoms with Gasteiger partial charge in [-0.1, -0.05) is 28.1 Å². The number of aromatic nitrogens is 5. The lowest BCUT2D eigenvalue weighted by atomic mass is 10.1. The van der Waals surface area contributed by atoms with E-state index in [-0.39, 0.29) is 5.91 Å². The number of halogens is 2. The van der Waals surface area contributed by atoms with Crippen LogP contribution in [0.2, 0.25) is 0 Å². The van der Waals surface area contributed by atoms with Crippen molar-refractivity contribution in [2.24, 2.45) is 7.05 Å². The molecule has 0 aliphatic rings. The number of carbonyl (C=O) groups excluding carboxylic acids is 2. The number of amides is 2. The Morgan fingerprint density at radius 2 is 2.00 bits per heavy atom. The number of benzene rings is 2. The van der Waals surface area contributed by atoms with Crippen molar-refractivity contribution in [3.63, 3.8) is 0 Å². The molecule has 0 spiro atoms. The van der Waals surface area contributed by atoms with E-state index in [2.05, 4.69) is 47.2 Å². The molecule has 0 saturated carbocycles. The molecule has 0 fully saturated rings. The number of nitrogens with zero attached hydrogens (tertiary/aromatic N) is 4. The van der Waals surface area contributed by atoms with E-state index in [1.807, 2.05) is 6.07 Å². The summed E-state index contributed by atoms with van der Waals surface area (Å²) in [6, 6.07) is 12.2. The molecular formula is C19H15BrFN7O2. The maximum absolute atomic E-state index is 13.0. The van der Waals surface area contributed by atoms with Gasteiger partial charge in [0.25, 0.3) is 11.8 Å². The second kappa shape index (κ2) is 8.03. The van der Waals surface area contributed by atoms with E-state index in [0.29, 0.717) is 34.0 Å². The highest BCUT2D eigenvalue weighted by Gasteiger charge is 2.19. The number of tetrazole rings is 1. The van der Waals surface area contributed by atoms with Gasteiger partial charge in [0.1, 0.15) is 5.69 Å². The van der Waals surface area contributed by atoms with Gasteiger partial charge in [0.2, 0.25) is 5.82 Å². The molecule has 11 heteroatoms. The van der Waals surface area contributed by atoms with E-state index in [0.717, 1.165) is 9.86 Å². The Kier molecular flexibility index (Phi) is 5.27. The number of aryl methyl sites for hydroxylation is 1. The van der Waals surface area contributed by atoms with E-state index in [4.69, 9.17) is 0 Å². The van der Waals surface area contributed by atoms with Crippen LogP contribution in [0.5, 0.6) is 0 Å². The molecular weight excluding hydrogens is 457 g/mol. The zero-order valence-corrected chi connectivity index (χ0v) is 17.2. The highest BCUT2D eigenvalue weighted by Crippen LogP contribution is 2.30. The molecule has 0 aliphatic carbocycles. The number of fused-ring (bicyclic) bond motifs is 1. The predicted octanol–water partition coefficient (Wildman–Crippen LogP) is 3.28.